The fourth-order valence-corrected chi connectivity index (χ4v) is 4.98. The van der Waals surface area contributed by atoms with Crippen molar-refractivity contribution in [2.24, 2.45) is 11.3 Å². The Morgan fingerprint density at radius 2 is 1.52 bits per heavy atom. The Balaban J connectivity index is 1.84. The summed E-state index contributed by atoms with van der Waals surface area (Å²) in [6.45, 7) is 11.9. The first-order chi connectivity index (χ1) is 11.4. The number of carboxylic acids is 2. The second kappa shape index (κ2) is 5.68. The van der Waals surface area contributed by atoms with E-state index in [4.69, 9.17) is 0 Å². The van der Waals surface area contributed by atoms with Crippen LogP contribution in [0.5, 0.6) is 0 Å². The molecule has 6 heteroatoms. The van der Waals surface area contributed by atoms with Gasteiger partial charge < -0.3 is 10.2 Å². The summed E-state index contributed by atoms with van der Waals surface area (Å²) in [5.41, 5.74) is -0.347. The summed E-state index contributed by atoms with van der Waals surface area (Å²) in [6.07, 6.45) is 3.57. The molecule has 2 N–H and O–H groups in total. The summed E-state index contributed by atoms with van der Waals surface area (Å²) < 4.78 is 0. The van der Waals surface area contributed by atoms with Gasteiger partial charge >= 0.3 is 11.9 Å². The first-order valence-electron chi connectivity index (χ1n) is 9.36. The maximum atomic E-state index is 11.8. The highest BCUT2D eigenvalue weighted by Crippen LogP contribution is 2.57. The summed E-state index contributed by atoms with van der Waals surface area (Å²) in [4.78, 5) is 27.9. The molecule has 25 heavy (non-hydrogen) atoms. The van der Waals surface area contributed by atoms with E-state index in [2.05, 4.69) is 23.6 Å². The zero-order valence-electron chi connectivity index (χ0n) is 16.1. The van der Waals surface area contributed by atoms with Crippen molar-refractivity contribution in [1.29, 1.82) is 0 Å². The summed E-state index contributed by atoms with van der Waals surface area (Å²) >= 11 is 0. The lowest BCUT2D eigenvalue weighted by Crippen LogP contribution is -2.55. The molecule has 2 aliphatic heterocycles. The van der Waals surface area contributed by atoms with Gasteiger partial charge in [-0.3, -0.25) is 19.4 Å². The van der Waals surface area contributed by atoms with E-state index in [-0.39, 0.29) is 22.4 Å². The van der Waals surface area contributed by atoms with Gasteiger partial charge in [-0.2, -0.15) is 0 Å². The average Bonchev–Trinajstić information content (AvgIpc) is 2.92. The Labute approximate surface area is 150 Å². The molecule has 2 saturated heterocycles. The Morgan fingerprint density at radius 3 is 1.92 bits per heavy atom. The van der Waals surface area contributed by atoms with Gasteiger partial charge in [0, 0.05) is 24.2 Å². The Bertz CT molecular complexity index is 576. The van der Waals surface area contributed by atoms with E-state index in [0.717, 1.165) is 25.8 Å². The lowest BCUT2D eigenvalue weighted by molar-refractivity contribution is -0.145. The van der Waals surface area contributed by atoms with Crippen molar-refractivity contribution in [3.8, 4) is 0 Å². The van der Waals surface area contributed by atoms with Crippen LogP contribution < -0.4 is 0 Å². The third-order valence-electron chi connectivity index (χ3n) is 6.94. The molecule has 3 rings (SSSR count). The van der Waals surface area contributed by atoms with Crippen LogP contribution in [0, 0.1) is 11.3 Å². The quantitative estimate of drug-likeness (QED) is 0.808. The van der Waals surface area contributed by atoms with Crippen LogP contribution in [0.15, 0.2) is 0 Å². The van der Waals surface area contributed by atoms with Crippen LogP contribution in [0.25, 0.3) is 0 Å². The van der Waals surface area contributed by atoms with Gasteiger partial charge in [0.2, 0.25) is 0 Å². The SMILES string of the molecule is CC(C)(C)N1CC(C(C)(C)N2CC3(CC3)CC2C(=O)O)CC1C(=O)O. The molecule has 6 nitrogen and oxygen atoms in total. The highest BCUT2D eigenvalue weighted by molar-refractivity contribution is 5.75. The van der Waals surface area contributed by atoms with Gasteiger partial charge in [0.15, 0.2) is 0 Å². The largest absolute Gasteiger partial charge is 0.480 e. The summed E-state index contributed by atoms with van der Waals surface area (Å²) in [6, 6.07) is -0.936. The fourth-order valence-electron chi connectivity index (χ4n) is 4.98. The van der Waals surface area contributed by atoms with Gasteiger partial charge in [0.05, 0.1) is 0 Å². The van der Waals surface area contributed by atoms with Crippen molar-refractivity contribution in [3.63, 3.8) is 0 Å². The maximum Gasteiger partial charge on any atom is 0.320 e. The Hall–Kier alpha value is -1.14. The molecular weight excluding hydrogens is 320 g/mol. The smallest absolute Gasteiger partial charge is 0.320 e. The molecule has 1 aliphatic carbocycles. The highest BCUT2D eigenvalue weighted by atomic mass is 16.4. The first-order valence-corrected chi connectivity index (χ1v) is 9.36. The molecule has 0 aromatic rings. The fraction of sp³-hybridized carbons (Fsp3) is 0.895. The van der Waals surface area contributed by atoms with Crippen molar-refractivity contribution in [3.05, 3.63) is 0 Å². The van der Waals surface area contributed by atoms with E-state index in [9.17, 15) is 19.8 Å². The van der Waals surface area contributed by atoms with Crippen LogP contribution in [0.3, 0.4) is 0 Å². The lowest BCUT2D eigenvalue weighted by Gasteiger charge is -2.43. The first kappa shape index (κ1) is 18.6. The molecule has 0 radical (unpaired) electrons. The van der Waals surface area contributed by atoms with E-state index in [1.54, 1.807) is 0 Å². The van der Waals surface area contributed by atoms with Crippen molar-refractivity contribution >= 4 is 11.9 Å². The molecule has 142 valence electrons. The minimum absolute atomic E-state index is 0.142. The molecule has 1 saturated carbocycles. The standard InChI is InChI=1S/C19H32N2O4/c1-17(2,3)20-10-12(8-13(20)15(22)23)18(4,5)21-11-19(6-7-19)9-14(21)16(24)25/h12-14H,6-11H2,1-5H3,(H,22,23)(H,24,25). The average molecular weight is 352 g/mol. The van der Waals surface area contributed by atoms with Gasteiger partial charge in [0.1, 0.15) is 12.1 Å². The normalized spacial score (nSPS) is 33.1. The predicted molar refractivity (Wildman–Crippen MR) is 94.5 cm³/mol. The van der Waals surface area contributed by atoms with E-state index in [0.29, 0.717) is 13.0 Å². The number of nitrogens with zero attached hydrogens (tertiary/aromatic N) is 2. The Kier molecular flexibility index (Phi) is 4.24. The summed E-state index contributed by atoms with van der Waals surface area (Å²) in [7, 11) is 0. The molecule has 3 atom stereocenters. The Morgan fingerprint density at radius 1 is 0.960 bits per heavy atom. The number of hydrogen-bond donors (Lipinski definition) is 2. The molecule has 3 aliphatic rings. The number of aliphatic carboxylic acids is 2. The highest BCUT2D eigenvalue weighted by Gasteiger charge is 2.59. The van der Waals surface area contributed by atoms with E-state index in [1.807, 2.05) is 20.8 Å². The van der Waals surface area contributed by atoms with Crippen molar-refractivity contribution < 1.29 is 19.8 Å². The van der Waals surface area contributed by atoms with E-state index in [1.165, 1.54) is 0 Å². The second-order valence-corrected chi connectivity index (χ2v) is 9.95. The van der Waals surface area contributed by atoms with Gasteiger partial charge in [-0.25, -0.2) is 0 Å². The van der Waals surface area contributed by atoms with Crippen LogP contribution in [0.4, 0.5) is 0 Å². The number of likely N-dealkylation sites (tertiary alicyclic amines) is 2. The zero-order chi connectivity index (χ0) is 18.8. The van der Waals surface area contributed by atoms with Crippen molar-refractivity contribution in [1.82, 2.24) is 9.80 Å². The van der Waals surface area contributed by atoms with Gasteiger partial charge in [-0.1, -0.05) is 0 Å². The maximum absolute atomic E-state index is 11.8. The molecule has 1 spiro atoms. The minimum Gasteiger partial charge on any atom is -0.480 e. The lowest BCUT2D eigenvalue weighted by atomic mass is 9.83. The molecule has 3 fully saturated rings. The number of rotatable bonds is 4. The number of carboxylic acid groups (broad SMARTS) is 2. The minimum atomic E-state index is -0.775. The topological polar surface area (TPSA) is 81.1 Å². The molecule has 0 amide bonds. The summed E-state index contributed by atoms with van der Waals surface area (Å²) in [5.74, 6) is -1.37. The van der Waals surface area contributed by atoms with Crippen LogP contribution in [-0.4, -0.2) is 68.2 Å². The van der Waals surface area contributed by atoms with Gasteiger partial charge in [-0.05, 0) is 71.6 Å². The third-order valence-corrected chi connectivity index (χ3v) is 6.94. The van der Waals surface area contributed by atoms with E-state index < -0.39 is 24.0 Å². The third kappa shape index (κ3) is 3.19. The van der Waals surface area contributed by atoms with Crippen LogP contribution in [0.1, 0.15) is 60.3 Å². The summed E-state index contributed by atoms with van der Waals surface area (Å²) in [5, 5.41) is 19.4. The predicted octanol–water partition coefficient (Wildman–Crippen LogP) is 2.28. The monoisotopic (exact) mass is 352 g/mol. The van der Waals surface area contributed by atoms with Crippen LogP contribution in [0.2, 0.25) is 0 Å². The molecular formula is C19H32N2O4. The van der Waals surface area contributed by atoms with Crippen molar-refractivity contribution in [2.75, 3.05) is 13.1 Å². The number of hydrogen-bond acceptors (Lipinski definition) is 4. The van der Waals surface area contributed by atoms with E-state index >= 15 is 0 Å². The molecule has 0 bridgehead atoms. The molecule has 0 aromatic heterocycles. The van der Waals surface area contributed by atoms with Crippen LogP contribution in [-0.2, 0) is 9.59 Å². The van der Waals surface area contributed by atoms with Crippen molar-refractivity contribution in [2.45, 2.75) is 83.5 Å². The zero-order valence-corrected chi connectivity index (χ0v) is 16.1. The number of carbonyl (C=O) groups is 2. The molecule has 2 heterocycles. The molecule has 0 aromatic carbocycles. The van der Waals surface area contributed by atoms with Gasteiger partial charge in [0.25, 0.3) is 0 Å². The van der Waals surface area contributed by atoms with Gasteiger partial charge in [-0.15, -0.1) is 0 Å². The second-order valence-electron chi connectivity index (χ2n) is 9.95. The van der Waals surface area contributed by atoms with Crippen LogP contribution >= 0.6 is 0 Å². The molecule has 3 unspecified atom stereocenters.